The molecule has 20 heavy (non-hydrogen) atoms. The van der Waals surface area contributed by atoms with Crippen molar-refractivity contribution in [3.8, 4) is 0 Å². The molecule has 0 bridgehead atoms. The smallest absolute Gasteiger partial charge is 0.374 e. The molecule has 0 aliphatic heterocycles. The van der Waals surface area contributed by atoms with E-state index in [0.717, 1.165) is 19.3 Å². The minimum absolute atomic E-state index is 0.0645. The molecule has 5 heteroatoms. The fourth-order valence-corrected chi connectivity index (χ4v) is 1.86. The summed E-state index contributed by atoms with van der Waals surface area (Å²) in [6, 6.07) is 2.56. The molecule has 1 N–H and O–H groups in total. The maximum Gasteiger partial charge on any atom is 0.374 e. The summed E-state index contributed by atoms with van der Waals surface area (Å²) in [5, 5.41) is 8.67. The van der Waals surface area contributed by atoms with Crippen LogP contribution in [-0.2, 0) is 4.74 Å². The van der Waals surface area contributed by atoms with Crippen molar-refractivity contribution in [2.45, 2.75) is 51.9 Å². The molecule has 1 aromatic rings. The van der Waals surface area contributed by atoms with E-state index in [1.165, 1.54) is 37.8 Å². The van der Waals surface area contributed by atoms with Gasteiger partial charge in [-0.15, -0.1) is 0 Å². The first-order valence-corrected chi connectivity index (χ1v) is 7.15. The summed E-state index contributed by atoms with van der Waals surface area (Å²) in [6.07, 6.45) is 8.02. The van der Waals surface area contributed by atoms with Crippen LogP contribution < -0.4 is 0 Å². The molecule has 0 fully saturated rings. The zero-order valence-corrected chi connectivity index (χ0v) is 11.9. The summed E-state index contributed by atoms with van der Waals surface area (Å²) < 4.78 is 9.88. The third-order valence-electron chi connectivity index (χ3n) is 3.00. The van der Waals surface area contributed by atoms with Crippen LogP contribution in [0.2, 0.25) is 0 Å². The summed E-state index contributed by atoms with van der Waals surface area (Å²) in [5.74, 6) is -2.13. The minimum atomic E-state index is -1.20. The number of carbonyl (C=O) groups is 2. The van der Waals surface area contributed by atoms with Crippen LogP contribution in [0.25, 0.3) is 0 Å². The number of carboxylic acids is 1. The van der Waals surface area contributed by atoms with Crippen molar-refractivity contribution in [3.63, 3.8) is 0 Å². The first-order valence-electron chi connectivity index (χ1n) is 7.15. The van der Waals surface area contributed by atoms with Crippen LogP contribution in [0.5, 0.6) is 0 Å². The summed E-state index contributed by atoms with van der Waals surface area (Å²) >= 11 is 0. The lowest BCUT2D eigenvalue weighted by Gasteiger charge is -2.03. The highest BCUT2D eigenvalue weighted by molar-refractivity contribution is 5.89. The highest BCUT2D eigenvalue weighted by Gasteiger charge is 2.15. The molecule has 0 spiro atoms. The van der Waals surface area contributed by atoms with E-state index in [1.807, 2.05) is 0 Å². The first kappa shape index (κ1) is 16.3. The van der Waals surface area contributed by atoms with Crippen molar-refractivity contribution < 1.29 is 23.8 Å². The number of hydrogen-bond donors (Lipinski definition) is 1. The Bertz CT molecular complexity index is 422. The summed E-state index contributed by atoms with van der Waals surface area (Å²) in [7, 11) is 0. The number of carboxylic acid groups (broad SMARTS) is 1. The van der Waals surface area contributed by atoms with Gasteiger partial charge in [-0.3, -0.25) is 0 Å². The molecule has 0 aliphatic carbocycles. The fourth-order valence-electron chi connectivity index (χ4n) is 1.86. The summed E-state index contributed by atoms with van der Waals surface area (Å²) in [6.45, 7) is 2.53. The van der Waals surface area contributed by atoms with Crippen molar-refractivity contribution in [3.05, 3.63) is 23.7 Å². The Labute approximate surface area is 118 Å². The number of hydrogen-bond acceptors (Lipinski definition) is 4. The van der Waals surface area contributed by atoms with E-state index >= 15 is 0 Å². The lowest BCUT2D eigenvalue weighted by molar-refractivity contribution is 0.0456. The average Bonchev–Trinajstić information content (AvgIpc) is 2.91. The molecule has 1 aromatic heterocycles. The molecule has 0 unspecified atom stereocenters. The number of carbonyl (C=O) groups excluding carboxylic acids is 1. The van der Waals surface area contributed by atoms with Gasteiger partial charge in [0.2, 0.25) is 11.5 Å². The molecule has 0 saturated heterocycles. The first-order chi connectivity index (χ1) is 9.65. The Balaban J connectivity index is 2.12. The van der Waals surface area contributed by atoms with E-state index in [9.17, 15) is 9.59 Å². The van der Waals surface area contributed by atoms with E-state index in [2.05, 4.69) is 6.92 Å². The van der Waals surface area contributed by atoms with Gasteiger partial charge in [0.1, 0.15) is 0 Å². The van der Waals surface area contributed by atoms with Crippen LogP contribution in [0.3, 0.4) is 0 Å². The van der Waals surface area contributed by atoms with E-state index in [-0.39, 0.29) is 11.5 Å². The van der Waals surface area contributed by atoms with Gasteiger partial charge in [-0.1, -0.05) is 45.4 Å². The van der Waals surface area contributed by atoms with E-state index in [4.69, 9.17) is 14.3 Å². The van der Waals surface area contributed by atoms with Gasteiger partial charge in [0.15, 0.2) is 0 Å². The van der Waals surface area contributed by atoms with E-state index in [0.29, 0.717) is 6.61 Å². The number of esters is 1. The van der Waals surface area contributed by atoms with Gasteiger partial charge in [0.05, 0.1) is 6.61 Å². The van der Waals surface area contributed by atoms with Crippen molar-refractivity contribution in [2.24, 2.45) is 0 Å². The second kappa shape index (κ2) is 9.18. The van der Waals surface area contributed by atoms with Crippen LogP contribution in [-0.4, -0.2) is 23.7 Å². The van der Waals surface area contributed by atoms with Crippen LogP contribution >= 0.6 is 0 Å². The zero-order valence-electron chi connectivity index (χ0n) is 11.9. The Morgan fingerprint density at radius 2 is 1.65 bits per heavy atom. The number of unbranched alkanes of at least 4 members (excludes halogenated alkanes) is 6. The molecule has 5 nitrogen and oxygen atoms in total. The third kappa shape index (κ3) is 5.91. The third-order valence-corrected chi connectivity index (χ3v) is 3.00. The molecule has 112 valence electrons. The van der Waals surface area contributed by atoms with Crippen LogP contribution in [0, 0.1) is 0 Å². The fraction of sp³-hybridized carbons (Fsp3) is 0.600. The predicted octanol–water partition coefficient (Wildman–Crippen LogP) is 3.89. The standard InChI is InChI=1S/C15H22O5/c1-2-3-4-5-6-7-8-11-19-15(18)13-10-9-12(20-13)14(16)17/h9-10H,2-8,11H2,1H3,(H,16,17). The maximum absolute atomic E-state index is 11.5. The summed E-state index contributed by atoms with van der Waals surface area (Å²) in [4.78, 5) is 22.1. The predicted molar refractivity (Wildman–Crippen MR) is 73.9 cm³/mol. The molecular weight excluding hydrogens is 260 g/mol. The van der Waals surface area contributed by atoms with Gasteiger partial charge in [0.25, 0.3) is 0 Å². The number of furan rings is 1. The molecule has 0 aliphatic rings. The van der Waals surface area contributed by atoms with Crippen molar-refractivity contribution in [1.82, 2.24) is 0 Å². The van der Waals surface area contributed by atoms with Crippen LogP contribution in [0.1, 0.15) is 73.0 Å². The quantitative estimate of drug-likeness (QED) is 0.520. The lowest BCUT2D eigenvalue weighted by Crippen LogP contribution is -2.05. The SMILES string of the molecule is CCCCCCCCCOC(=O)c1ccc(C(=O)O)o1. The largest absolute Gasteiger partial charge is 0.475 e. The van der Waals surface area contributed by atoms with Crippen molar-refractivity contribution >= 4 is 11.9 Å². The topological polar surface area (TPSA) is 76.7 Å². The van der Waals surface area contributed by atoms with Crippen molar-refractivity contribution in [2.75, 3.05) is 6.61 Å². The highest BCUT2D eigenvalue weighted by Crippen LogP contribution is 2.10. The monoisotopic (exact) mass is 282 g/mol. The Kier molecular flexibility index (Phi) is 7.47. The van der Waals surface area contributed by atoms with Crippen LogP contribution in [0.15, 0.2) is 16.5 Å². The molecule has 0 amide bonds. The van der Waals surface area contributed by atoms with Gasteiger partial charge in [-0.05, 0) is 18.6 Å². The molecule has 0 aromatic carbocycles. The molecule has 1 heterocycles. The van der Waals surface area contributed by atoms with Gasteiger partial charge >= 0.3 is 11.9 Å². The van der Waals surface area contributed by atoms with E-state index in [1.54, 1.807) is 0 Å². The van der Waals surface area contributed by atoms with Gasteiger partial charge < -0.3 is 14.3 Å². The second-order valence-corrected chi connectivity index (χ2v) is 4.73. The van der Waals surface area contributed by atoms with Gasteiger partial charge in [-0.25, -0.2) is 9.59 Å². The van der Waals surface area contributed by atoms with Crippen molar-refractivity contribution in [1.29, 1.82) is 0 Å². The van der Waals surface area contributed by atoms with Crippen LogP contribution in [0.4, 0.5) is 0 Å². The Morgan fingerprint density at radius 1 is 1.05 bits per heavy atom. The highest BCUT2D eigenvalue weighted by atomic mass is 16.5. The maximum atomic E-state index is 11.5. The normalized spacial score (nSPS) is 10.4. The second-order valence-electron chi connectivity index (χ2n) is 4.73. The molecule has 0 atom stereocenters. The molecule has 1 rings (SSSR count). The van der Waals surface area contributed by atoms with E-state index < -0.39 is 11.9 Å². The van der Waals surface area contributed by atoms with Gasteiger partial charge in [0, 0.05) is 0 Å². The zero-order chi connectivity index (χ0) is 14.8. The Morgan fingerprint density at radius 3 is 2.25 bits per heavy atom. The minimum Gasteiger partial charge on any atom is -0.475 e. The number of aromatic carboxylic acids is 1. The number of ether oxygens (including phenoxy) is 1. The molecular formula is C15H22O5. The molecule has 0 saturated carbocycles. The van der Waals surface area contributed by atoms with Gasteiger partial charge in [-0.2, -0.15) is 0 Å². The lowest BCUT2D eigenvalue weighted by atomic mass is 10.1. The molecule has 0 radical (unpaired) electrons. The average molecular weight is 282 g/mol. The Hall–Kier alpha value is -1.78. The summed E-state index contributed by atoms with van der Waals surface area (Å²) in [5.41, 5.74) is 0. The number of rotatable bonds is 10.